The van der Waals surface area contributed by atoms with Gasteiger partial charge in [0.15, 0.2) is 0 Å². The number of phenolic OH excluding ortho intramolecular Hbond substituents is 1. The predicted molar refractivity (Wildman–Crippen MR) is 57.0 cm³/mol. The second-order valence-electron chi connectivity index (χ2n) is 3.05. The van der Waals surface area contributed by atoms with Crippen molar-refractivity contribution in [1.82, 2.24) is 0 Å². The molecule has 86 valence electrons. The number of ether oxygens (including phenoxy) is 1. The molecular weight excluding hydrogens is 212 g/mol. The van der Waals surface area contributed by atoms with E-state index in [4.69, 9.17) is 5.73 Å². The number of esters is 1. The number of hydrogen-bond acceptors (Lipinski definition) is 4. The van der Waals surface area contributed by atoms with Gasteiger partial charge in [-0.2, -0.15) is 0 Å². The van der Waals surface area contributed by atoms with Crippen LogP contribution in [0.15, 0.2) is 18.2 Å². The molecule has 0 aromatic heterocycles. The third-order valence-corrected chi connectivity index (χ3v) is 1.94. The molecule has 0 fully saturated rings. The highest BCUT2D eigenvalue weighted by molar-refractivity contribution is 5.91. The van der Waals surface area contributed by atoms with E-state index in [-0.39, 0.29) is 17.9 Å². The molecule has 0 aliphatic rings. The number of benzene rings is 1. The Kier molecular flexibility index (Phi) is 3.71. The Bertz CT molecular complexity index is 417. The van der Waals surface area contributed by atoms with E-state index in [1.54, 1.807) is 12.1 Å². The summed E-state index contributed by atoms with van der Waals surface area (Å²) in [6, 6.07) is 3.71. The van der Waals surface area contributed by atoms with Crippen LogP contribution in [0.4, 0.5) is 10.5 Å². The maximum atomic E-state index is 11.1. The van der Waals surface area contributed by atoms with Gasteiger partial charge in [0.25, 0.3) is 0 Å². The molecule has 6 heteroatoms. The fourth-order valence-corrected chi connectivity index (χ4v) is 1.23. The van der Waals surface area contributed by atoms with Gasteiger partial charge in [-0.3, -0.25) is 4.79 Å². The zero-order chi connectivity index (χ0) is 12.1. The number of hydrogen-bond donors (Lipinski definition) is 3. The number of nitrogens with two attached hydrogens (primary N) is 1. The number of aromatic hydroxyl groups is 1. The molecule has 0 saturated heterocycles. The molecule has 0 bridgehead atoms. The van der Waals surface area contributed by atoms with Gasteiger partial charge in [0.05, 0.1) is 19.2 Å². The normalized spacial score (nSPS) is 9.56. The Balaban J connectivity index is 3.02. The maximum absolute atomic E-state index is 11.1. The van der Waals surface area contributed by atoms with Crippen molar-refractivity contribution in [3.05, 3.63) is 23.8 Å². The molecule has 0 atom stereocenters. The Morgan fingerprint density at radius 1 is 1.50 bits per heavy atom. The molecule has 0 saturated carbocycles. The van der Waals surface area contributed by atoms with Crippen LogP contribution < -0.4 is 11.1 Å². The molecule has 4 N–H and O–H groups in total. The SMILES string of the molecule is COC(=O)Cc1cccc(O)c1NC(N)=O. The molecule has 1 rings (SSSR count). The largest absolute Gasteiger partial charge is 0.506 e. The fraction of sp³-hybridized carbons (Fsp3) is 0.200. The minimum Gasteiger partial charge on any atom is -0.506 e. The highest BCUT2D eigenvalue weighted by Gasteiger charge is 2.12. The number of methoxy groups -OCH3 is 1. The molecule has 1 aromatic rings. The quantitative estimate of drug-likeness (QED) is 0.516. The van der Waals surface area contributed by atoms with Crippen LogP contribution in [0.1, 0.15) is 5.56 Å². The molecule has 0 aliphatic heterocycles. The standard InChI is InChI=1S/C10H12N2O4/c1-16-8(14)5-6-3-2-4-7(13)9(6)12-10(11)15/h2-4,13H,5H2,1H3,(H3,11,12,15). The molecule has 0 heterocycles. The summed E-state index contributed by atoms with van der Waals surface area (Å²) < 4.78 is 4.49. The number of phenols is 1. The van der Waals surface area contributed by atoms with Crippen molar-refractivity contribution in [3.63, 3.8) is 0 Å². The molecule has 1 aromatic carbocycles. The highest BCUT2D eigenvalue weighted by Crippen LogP contribution is 2.27. The van der Waals surface area contributed by atoms with E-state index in [1.807, 2.05) is 0 Å². The van der Waals surface area contributed by atoms with Crippen LogP contribution in [0.2, 0.25) is 0 Å². The summed E-state index contributed by atoms with van der Waals surface area (Å²) >= 11 is 0. The van der Waals surface area contributed by atoms with Gasteiger partial charge in [-0.25, -0.2) is 4.79 Å². The van der Waals surface area contributed by atoms with Gasteiger partial charge in [0, 0.05) is 0 Å². The first-order valence-electron chi connectivity index (χ1n) is 4.48. The number of rotatable bonds is 3. The fourth-order valence-electron chi connectivity index (χ4n) is 1.23. The third-order valence-electron chi connectivity index (χ3n) is 1.94. The van der Waals surface area contributed by atoms with E-state index >= 15 is 0 Å². The van der Waals surface area contributed by atoms with Gasteiger partial charge >= 0.3 is 12.0 Å². The molecule has 16 heavy (non-hydrogen) atoms. The van der Waals surface area contributed by atoms with E-state index in [2.05, 4.69) is 10.1 Å². The Morgan fingerprint density at radius 2 is 2.19 bits per heavy atom. The lowest BCUT2D eigenvalue weighted by Gasteiger charge is -2.10. The first kappa shape index (κ1) is 11.8. The van der Waals surface area contributed by atoms with Gasteiger partial charge in [-0.05, 0) is 11.6 Å². The van der Waals surface area contributed by atoms with Crippen LogP contribution in [0.5, 0.6) is 5.75 Å². The maximum Gasteiger partial charge on any atom is 0.316 e. The van der Waals surface area contributed by atoms with Crippen molar-refractivity contribution < 1.29 is 19.4 Å². The van der Waals surface area contributed by atoms with Crippen LogP contribution in [0.3, 0.4) is 0 Å². The Hall–Kier alpha value is -2.24. The van der Waals surface area contributed by atoms with Crippen LogP contribution in [-0.4, -0.2) is 24.2 Å². The average molecular weight is 224 g/mol. The van der Waals surface area contributed by atoms with Crippen LogP contribution in [0.25, 0.3) is 0 Å². The molecule has 0 unspecified atom stereocenters. The second-order valence-corrected chi connectivity index (χ2v) is 3.05. The van der Waals surface area contributed by atoms with Crippen LogP contribution in [0, 0.1) is 0 Å². The number of urea groups is 1. The second kappa shape index (κ2) is 5.01. The monoisotopic (exact) mass is 224 g/mol. The van der Waals surface area contributed by atoms with Crippen LogP contribution >= 0.6 is 0 Å². The molecule has 6 nitrogen and oxygen atoms in total. The van der Waals surface area contributed by atoms with Crippen molar-refractivity contribution in [2.75, 3.05) is 12.4 Å². The van der Waals surface area contributed by atoms with Crippen LogP contribution in [-0.2, 0) is 16.0 Å². The first-order chi connectivity index (χ1) is 7.54. The van der Waals surface area contributed by atoms with E-state index in [9.17, 15) is 14.7 Å². The summed E-state index contributed by atoms with van der Waals surface area (Å²) in [5, 5.41) is 11.8. The summed E-state index contributed by atoms with van der Waals surface area (Å²) in [6.45, 7) is 0. The average Bonchev–Trinajstić information content (AvgIpc) is 2.22. The summed E-state index contributed by atoms with van der Waals surface area (Å²) in [6.07, 6.45) is -0.0550. The predicted octanol–water partition coefficient (Wildman–Crippen LogP) is 0.598. The van der Waals surface area contributed by atoms with E-state index in [0.717, 1.165) is 0 Å². The van der Waals surface area contributed by atoms with Gasteiger partial charge in [0.2, 0.25) is 0 Å². The number of primary amides is 1. The molecular formula is C10H12N2O4. The van der Waals surface area contributed by atoms with Crippen molar-refractivity contribution in [2.24, 2.45) is 5.73 Å². The Morgan fingerprint density at radius 3 is 2.75 bits per heavy atom. The number of carbonyl (C=O) groups excluding carboxylic acids is 2. The summed E-state index contributed by atoms with van der Waals surface area (Å²) in [5.74, 6) is -0.627. The van der Waals surface area contributed by atoms with E-state index in [1.165, 1.54) is 13.2 Å². The van der Waals surface area contributed by atoms with E-state index in [0.29, 0.717) is 5.56 Å². The zero-order valence-corrected chi connectivity index (χ0v) is 8.69. The zero-order valence-electron chi connectivity index (χ0n) is 8.69. The molecule has 0 radical (unpaired) electrons. The number of para-hydroxylation sites is 1. The minimum absolute atomic E-state index is 0.0550. The van der Waals surface area contributed by atoms with Gasteiger partial charge in [0.1, 0.15) is 5.75 Å². The van der Waals surface area contributed by atoms with E-state index < -0.39 is 12.0 Å². The highest BCUT2D eigenvalue weighted by atomic mass is 16.5. The van der Waals surface area contributed by atoms with Gasteiger partial charge < -0.3 is 20.9 Å². The third kappa shape index (κ3) is 2.88. The lowest BCUT2D eigenvalue weighted by Crippen LogP contribution is -2.21. The minimum atomic E-state index is -0.812. The van der Waals surface area contributed by atoms with Crippen molar-refractivity contribution >= 4 is 17.7 Å². The summed E-state index contributed by atoms with van der Waals surface area (Å²) in [4.78, 5) is 21.8. The topological polar surface area (TPSA) is 102 Å². The smallest absolute Gasteiger partial charge is 0.316 e. The molecule has 0 aliphatic carbocycles. The number of amides is 2. The summed E-state index contributed by atoms with van der Waals surface area (Å²) in [7, 11) is 1.26. The van der Waals surface area contributed by atoms with Crippen molar-refractivity contribution in [2.45, 2.75) is 6.42 Å². The number of carbonyl (C=O) groups is 2. The van der Waals surface area contributed by atoms with Crippen molar-refractivity contribution in [1.29, 1.82) is 0 Å². The van der Waals surface area contributed by atoms with Gasteiger partial charge in [-0.1, -0.05) is 12.1 Å². The lowest BCUT2D eigenvalue weighted by molar-refractivity contribution is -0.139. The first-order valence-corrected chi connectivity index (χ1v) is 4.48. The number of anilines is 1. The Labute approximate surface area is 92.0 Å². The summed E-state index contributed by atoms with van der Waals surface area (Å²) in [5.41, 5.74) is 5.51. The number of nitrogens with one attached hydrogen (secondary N) is 1. The molecule has 0 spiro atoms. The lowest BCUT2D eigenvalue weighted by atomic mass is 10.1. The van der Waals surface area contributed by atoms with Crippen molar-refractivity contribution in [3.8, 4) is 5.75 Å². The molecule has 2 amide bonds. The van der Waals surface area contributed by atoms with Gasteiger partial charge in [-0.15, -0.1) is 0 Å².